The molecule has 2 unspecified atom stereocenters. The summed E-state index contributed by atoms with van der Waals surface area (Å²) in [6, 6.07) is 7.47. The van der Waals surface area contributed by atoms with Crippen LogP contribution in [0, 0.1) is 5.92 Å². The SMILES string of the molecule is CCCC(C)C1NCCOc2ccccc2CCCNC(=O)CNC(=O)CN(C)C1=O. The fourth-order valence-electron chi connectivity index (χ4n) is 3.72. The van der Waals surface area contributed by atoms with Crippen LogP contribution in [0.4, 0.5) is 0 Å². The van der Waals surface area contributed by atoms with Crippen LogP contribution in [0.25, 0.3) is 0 Å². The molecule has 1 aliphatic heterocycles. The van der Waals surface area contributed by atoms with Crippen LogP contribution in [0.1, 0.15) is 38.7 Å². The van der Waals surface area contributed by atoms with E-state index in [1.807, 2.05) is 31.2 Å². The summed E-state index contributed by atoms with van der Waals surface area (Å²) in [5.41, 5.74) is 1.08. The predicted molar refractivity (Wildman–Crippen MR) is 120 cm³/mol. The van der Waals surface area contributed by atoms with Gasteiger partial charge in [0.1, 0.15) is 12.4 Å². The van der Waals surface area contributed by atoms with Crippen molar-refractivity contribution in [1.29, 1.82) is 0 Å². The molecule has 172 valence electrons. The third-order valence-electron chi connectivity index (χ3n) is 5.42. The lowest BCUT2D eigenvalue weighted by atomic mass is 9.95. The van der Waals surface area contributed by atoms with E-state index in [0.717, 1.165) is 37.0 Å². The van der Waals surface area contributed by atoms with E-state index in [0.29, 0.717) is 19.7 Å². The minimum Gasteiger partial charge on any atom is -0.492 e. The van der Waals surface area contributed by atoms with Gasteiger partial charge in [-0.1, -0.05) is 38.5 Å². The van der Waals surface area contributed by atoms with Crippen molar-refractivity contribution in [3.05, 3.63) is 29.8 Å². The molecule has 0 radical (unpaired) electrons. The minimum atomic E-state index is -0.404. The number of hydrogen-bond acceptors (Lipinski definition) is 5. The normalized spacial score (nSPS) is 21.1. The van der Waals surface area contributed by atoms with Crippen LogP contribution in [-0.2, 0) is 20.8 Å². The number of likely N-dealkylation sites (N-methyl/N-ethyl adjacent to an activating group) is 1. The van der Waals surface area contributed by atoms with Crippen molar-refractivity contribution in [3.8, 4) is 5.75 Å². The fraction of sp³-hybridized carbons (Fsp3) is 0.609. The van der Waals surface area contributed by atoms with E-state index in [4.69, 9.17) is 4.74 Å². The molecular weight excluding hydrogens is 396 g/mol. The van der Waals surface area contributed by atoms with E-state index in [9.17, 15) is 14.4 Å². The van der Waals surface area contributed by atoms with E-state index in [1.54, 1.807) is 7.05 Å². The van der Waals surface area contributed by atoms with Gasteiger partial charge in [0.2, 0.25) is 17.7 Å². The van der Waals surface area contributed by atoms with Crippen LogP contribution in [0.3, 0.4) is 0 Å². The molecule has 0 spiro atoms. The number of fused-ring (bicyclic) bond motifs is 1. The number of ether oxygens (including phenoxy) is 1. The quantitative estimate of drug-likeness (QED) is 0.664. The highest BCUT2D eigenvalue weighted by Gasteiger charge is 2.27. The van der Waals surface area contributed by atoms with Gasteiger partial charge in [0.15, 0.2) is 0 Å². The summed E-state index contributed by atoms with van der Waals surface area (Å²) in [4.78, 5) is 38.6. The van der Waals surface area contributed by atoms with Crippen LogP contribution in [0.15, 0.2) is 24.3 Å². The van der Waals surface area contributed by atoms with Gasteiger partial charge in [-0.2, -0.15) is 0 Å². The number of benzene rings is 1. The number of rotatable bonds is 3. The minimum absolute atomic E-state index is 0.0903. The fourth-order valence-corrected chi connectivity index (χ4v) is 3.72. The average molecular weight is 433 g/mol. The van der Waals surface area contributed by atoms with Crippen LogP contribution in [-0.4, -0.2) is 68.5 Å². The summed E-state index contributed by atoms with van der Waals surface area (Å²) >= 11 is 0. The summed E-state index contributed by atoms with van der Waals surface area (Å²) in [5, 5.41) is 8.73. The maximum absolute atomic E-state index is 13.0. The van der Waals surface area contributed by atoms with Gasteiger partial charge in [0, 0.05) is 20.1 Å². The number of aryl methyl sites for hydroxylation is 1. The van der Waals surface area contributed by atoms with E-state index >= 15 is 0 Å². The summed E-state index contributed by atoms with van der Waals surface area (Å²) in [7, 11) is 1.61. The molecule has 1 aromatic rings. The smallest absolute Gasteiger partial charge is 0.240 e. The Hall–Kier alpha value is -2.61. The molecule has 3 N–H and O–H groups in total. The first kappa shape index (κ1) is 24.7. The number of carbonyl (C=O) groups is 3. The molecule has 0 saturated heterocycles. The Bertz CT molecular complexity index is 740. The topological polar surface area (TPSA) is 99.8 Å². The lowest BCUT2D eigenvalue weighted by Crippen LogP contribution is -2.52. The van der Waals surface area contributed by atoms with Gasteiger partial charge in [-0.3, -0.25) is 14.4 Å². The Morgan fingerprint density at radius 3 is 2.68 bits per heavy atom. The molecule has 0 bridgehead atoms. The van der Waals surface area contributed by atoms with Gasteiger partial charge in [0.05, 0.1) is 19.1 Å². The highest BCUT2D eigenvalue weighted by Crippen LogP contribution is 2.19. The van der Waals surface area contributed by atoms with E-state index < -0.39 is 6.04 Å². The van der Waals surface area contributed by atoms with E-state index in [1.165, 1.54) is 4.90 Å². The van der Waals surface area contributed by atoms with Gasteiger partial charge in [-0.15, -0.1) is 0 Å². The van der Waals surface area contributed by atoms with Crippen LogP contribution < -0.4 is 20.7 Å². The molecule has 0 aliphatic carbocycles. The molecule has 2 rings (SSSR count). The first-order valence-electron chi connectivity index (χ1n) is 11.1. The van der Waals surface area contributed by atoms with Crippen molar-refractivity contribution in [1.82, 2.24) is 20.9 Å². The van der Waals surface area contributed by atoms with Gasteiger partial charge in [-0.25, -0.2) is 0 Å². The molecule has 3 amide bonds. The predicted octanol–water partition coefficient (Wildman–Crippen LogP) is 1.10. The largest absolute Gasteiger partial charge is 0.492 e. The van der Waals surface area contributed by atoms with Crippen LogP contribution in [0.5, 0.6) is 5.75 Å². The number of nitrogens with zero attached hydrogens (tertiary/aromatic N) is 1. The maximum Gasteiger partial charge on any atom is 0.240 e. The lowest BCUT2D eigenvalue weighted by Gasteiger charge is -2.28. The molecule has 8 heteroatoms. The molecule has 0 saturated carbocycles. The van der Waals surface area contributed by atoms with Crippen molar-refractivity contribution in [3.63, 3.8) is 0 Å². The monoisotopic (exact) mass is 432 g/mol. The second-order valence-corrected chi connectivity index (χ2v) is 8.08. The summed E-state index contributed by atoms with van der Waals surface area (Å²) in [6.45, 7) is 5.40. The molecule has 0 fully saturated rings. The highest BCUT2D eigenvalue weighted by molar-refractivity contribution is 5.89. The third kappa shape index (κ3) is 8.20. The van der Waals surface area contributed by atoms with Gasteiger partial charge in [0.25, 0.3) is 0 Å². The van der Waals surface area contributed by atoms with E-state index in [2.05, 4.69) is 22.9 Å². The Kier molecular flexibility index (Phi) is 10.3. The molecule has 1 aromatic carbocycles. The zero-order valence-corrected chi connectivity index (χ0v) is 18.9. The molecule has 1 aliphatic rings. The molecule has 31 heavy (non-hydrogen) atoms. The van der Waals surface area contributed by atoms with Gasteiger partial charge >= 0.3 is 0 Å². The van der Waals surface area contributed by atoms with Gasteiger partial charge in [-0.05, 0) is 36.8 Å². The third-order valence-corrected chi connectivity index (χ3v) is 5.42. The first-order chi connectivity index (χ1) is 14.9. The lowest BCUT2D eigenvalue weighted by molar-refractivity contribution is -0.137. The molecule has 2 atom stereocenters. The summed E-state index contributed by atoms with van der Waals surface area (Å²) < 4.78 is 5.98. The summed E-state index contributed by atoms with van der Waals surface area (Å²) in [6.07, 6.45) is 3.41. The Morgan fingerprint density at radius 1 is 1.13 bits per heavy atom. The van der Waals surface area contributed by atoms with Gasteiger partial charge < -0.3 is 25.6 Å². The first-order valence-corrected chi connectivity index (χ1v) is 11.1. The maximum atomic E-state index is 13.0. The molecule has 0 aromatic heterocycles. The average Bonchev–Trinajstić information content (AvgIpc) is 2.75. The number of para-hydroxylation sites is 1. The number of hydrogen-bond donors (Lipinski definition) is 3. The Labute approximate surface area is 185 Å². The Morgan fingerprint density at radius 2 is 1.90 bits per heavy atom. The summed E-state index contributed by atoms with van der Waals surface area (Å²) in [5.74, 6) is 0.203. The zero-order chi connectivity index (χ0) is 22.6. The molecule has 1 heterocycles. The van der Waals surface area contributed by atoms with Crippen LogP contribution in [0.2, 0.25) is 0 Å². The second-order valence-electron chi connectivity index (χ2n) is 8.08. The van der Waals surface area contributed by atoms with Crippen molar-refractivity contribution in [2.75, 3.05) is 39.8 Å². The number of nitrogens with one attached hydrogen (secondary N) is 3. The van der Waals surface area contributed by atoms with Crippen molar-refractivity contribution >= 4 is 17.7 Å². The standard InChI is InChI=1S/C23H36N4O4/c1-4-8-17(2)22-23(30)27(3)16-21(29)26-15-20(28)24-12-7-10-18-9-5-6-11-19(18)31-14-13-25-22/h5-6,9,11,17,22,25H,4,7-8,10,12-16H2,1-3H3,(H,24,28)(H,26,29). The zero-order valence-electron chi connectivity index (χ0n) is 18.9. The van der Waals surface area contributed by atoms with E-state index in [-0.39, 0.29) is 36.7 Å². The Balaban J connectivity index is 2.13. The second kappa shape index (κ2) is 12.9. The molecule has 8 nitrogen and oxygen atoms in total. The van der Waals surface area contributed by atoms with Crippen molar-refractivity contribution in [2.24, 2.45) is 5.92 Å². The number of amides is 3. The van der Waals surface area contributed by atoms with Crippen LogP contribution >= 0.6 is 0 Å². The molecular formula is C23H36N4O4. The number of carbonyl (C=O) groups excluding carboxylic acids is 3. The van der Waals surface area contributed by atoms with Crippen molar-refractivity contribution in [2.45, 2.75) is 45.6 Å². The van der Waals surface area contributed by atoms with Crippen molar-refractivity contribution < 1.29 is 19.1 Å². The highest BCUT2D eigenvalue weighted by atomic mass is 16.5.